The van der Waals surface area contributed by atoms with Gasteiger partial charge in [-0.3, -0.25) is 4.79 Å². The SMILES string of the molecule is CCCCCCCCCCCCC(Sc1nc2ccccc2s1)C(=O)OCC. The molecule has 156 valence electrons. The molecule has 0 saturated heterocycles. The van der Waals surface area contributed by atoms with Crippen molar-refractivity contribution in [3.63, 3.8) is 0 Å². The van der Waals surface area contributed by atoms with E-state index in [-0.39, 0.29) is 11.2 Å². The van der Waals surface area contributed by atoms with Gasteiger partial charge in [0.05, 0.1) is 16.8 Å². The Bertz CT molecular complexity index is 653. The van der Waals surface area contributed by atoms with Crippen molar-refractivity contribution in [2.24, 2.45) is 0 Å². The van der Waals surface area contributed by atoms with Crippen molar-refractivity contribution < 1.29 is 9.53 Å². The topological polar surface area (TPSA) is 39.2 Å². The van der Waals surface area contributed by atoms with Crippen LogP contribution < -0.4 is 0 Å². The van der Waals surface area contributed by atoms with Crippen LogP contribution in [0.1, 0.15) is 84.5 Å². The summed E-state index contributed by atoms with van der Waals surface area (Å²) in [4.78, 5) is 17.1. The van der Waals surface area contributed by atoms with E-state index in [0.29, 0.717) is 6.61 Å². The Balaban J connectivity index is 1.71. The number of ether oxygens (including phenoxy) is 1. The van der Waals surface area contributed by atoms with Gasteiger partial charge in [0.2, 0.25) is 0 Å². The molecule has 2 rings (SSSR count). The van der Waals surface area contributed by atoms with Gasteiger partial charge in [0.15, 0.2) is 4.34 Å². The van der Waals surface area contributed by atoms with Gasteiger partial charge in [0.25, 0.3) is 0 Å². The highest BCUT2D eigenvalue weighted by Gasteiger charge is 2.22. The summed E-state index contributed by atoms with van der Waals surface area (Å²) in [5.74, 6) is -0.0947. The Hall–Kier alpha value is -1.07. The molecule has 28 heavy (non-hydrogen) atoms. The highest BCUT2D eigenvalue weighted by molar-refractivity contribution is 8.02. The van der Waals surface area contributed by atoms with Crippen LogP contribution >= 0.6 is 23.1 Å². The van der Waals surface area contributed by atoms with Crippen LogP contribution in [0.25, 0.3) is 10.2 Å². The molecule has 0 aliphatic rings. The van der Waals surface area contributed by atoms with Crippen molar-refractivity contribution in [1.29, 1.82) is 0 Å². The van der Waals surface area contributed by atoms with Gasteiger partial charge in [-0.15, -0.1) is 11.3 Å². The Labute approximate surface area is 178 Å². The molecule has 0 amide bonds. The fraction of sp³-hybridized carbons (Fsp3) is 0.652. The Morgan fingerprint density at radius 2 is 1.64 bits per heavy atom. The van der Waals surface area contributed by atoms with Crippen molar-refractivity contribution in [2.75, 3.05) is 6.61 Å². The number of rotatable bonds is 15. The molecule has 0 N–H and O–H groups in total. The molecule has 5 heteroatoms. The first-order valence-electron chi connectivity index (χ1n) is 10.9. The molecule has 1 aromatic heterocycles. The molecule has 0 spiro atoms. The molecule has 0 bridgehead atoms. The molecule has 1 heterocycles. The van der Waals surface area contributed by atoms with Crippen LogP contribution in [0.3, 0.4) is 0 Å². The van der Waals surface area contributed by atoms with Gasteiger partial charge in [-0.1, -0.05) is 95.0 Å². The smallest absolute Gasteiger partial charge is 0.319 e. The van der Waals surface area contributed by atoms with E-state index in [1.165, 1.54) is 62.5 Å². The van der Waals surface area contributed by atoms with Gasteiger partial charge in [-0.05, 0) is 25.5 Å². The number of hydrogen-bond acceptors (Lipinski definition) is 5. The van der Waals surface area contributed by atoms with Crippen LogP contribution in [0.4, 0.5) is 0 Å². The number of esters is 1. The number of carbonyl (C=O) groups is 1. The standard InChI is InChI=1S/C23H35NO2S2/c1-3-5-6-7-8-9-10-11-12-13-18-21(22(25)26-4-2)28-23-24-19-16-14-15-17-20(19)27-23/h14-17,21H,3-13,18H2,1-2H3. The first kappa shape index (κ1) is 23.2. The monoisotopic (exact) mass is 421 g/mol. The van der Waals surface area contributed by atoms with Crippen molar-refractivity contribution in [3.8, 4) is 0 Å². The number of aromatic nitrogens is 1. The molecule has 2 aromatic rings. The average molecular weight is 422 g/mol. The van der Waals surface area contributed by atoms with Gasteiger partial charge >= 0.3 is 5.97 Å². The zero-order valence-electron chi connectivity index (χ0n) is 17.5. The van der Waals surface area contributed by atoms with Crippen LogP contribution in [-0.2, 0) is 9.53 Å². The summed E-state index contributed by atoms with van der Waals surface area (Å²) in [5.41, 5.74) is 1.01. The lowest BCUT2D eigenvalue weighted by molar-refractivity contribution is -0.142. The summed E-state index contributed by atoms with van der Waals surface area (Å²) in [6, 6.07) is 8.14. The highest BCUT2D eigenvalue weighted by Crippen LogP contribution is 2.34. The van der Waals surface area contributed by atoms with E-state index in [0.717, 1.165) is 22.7 Å². The molecule has 0 radical (unpaired) electrons. The molecule has 0 aliphatic heterocycles. The van der Waals surface area contributed by atoms with E-state index in [1.807, 2.05) is 25.1 Å². The number of benzene rings is 1. The third-order valence-electron chi connectivity index (χ3n) is 4.89. The molecule has 0 saturated carbocycles. The maximum absolute atomic E-state index is 12.4. The number of carbonyl (C=O) groups excluding carboxylic acids is 1. The Kier molecular flexibility index (Phi) is 11.6. The molecule has 0 fully saturated rings. The number of thioether (sulfide) groups is 1. The van der Waals surface area contributed by atoms with Crippen LogP contribution in [-0.4, -0.2) is 22.8 Å². The van der Waals surface area contributed by atoms with Crippen molar-refractivity contribution in [2.45, 2.75) is 94.1 Å². The van der Waals surface area contributed by atoms with E-state index in [9.17, 15) is 4.79 Å². The third-order valence-corrected chi connectivity index (χ3v) is 7.26. The second-order valence-corrected chi connectivity index (χ2v) is 9.76. The summed E-state index contributed by atoms with van der Waals surface area (Å²) in [5, 5.41) is -0.144. The summed E-state index contributed by atoms with van der Waals surface area (Å²) in [6.07, 6.45) is 13.9. The van der Waals surface area contributed by atoms with Gasteiger partial charge in [-0.25, -0.2) is 4.98 Å². The van der Waals surface area contributed by atoms with Gasteiger partial charge in [0, 0.05) is 0 Å². The van der Waals surface area contributed by atoms with Gasteiger partial charge in [0.1, 0.15) is 5.25 Å². The average Bonchev–Trinajstić information content (AvgIpc) is 3.11. The first-order valence-corrected chi connectivity index (χ1v) is 12.6. The van der Waals surface area contributed by atoms with Crippen LogP contribution in [0.15, 0.2) is 28.6 Å². The molecule has 1 aromatic carbocycles. The van der Waals surface area contributed by atoms with Crippen molar-refractivity contribution in [1.82, 2.24) is 4.98 Å². The fourth-order valence-electron chi connectivity index (χ4n) is 3.30. The van der Waals surface area contributed by atoms with Crippen molar-refractivity contribution >= 4 is 39.3 Å². The first-order chi connectivity index (χ1) is 13.7. The highest BCUT2D eigenvalue weighted by atomic mass is 32.2. The van der Waals surface area contributed by atoms with E-state index in [1.54, 1.807) is 23.1 Å². The summed E-state index contributed by atoms with van der Waals surface area (Å²) in [6.45, 7) is 4.57. The van der Waals surface area contributed by atoms with Crippen LogP contribution in [0.2, 0.25) is 0 Å². The van der Waals surface area contributed by atoms with E-state index < -0.39 is 0 Å². The Morgan fingerprint density at radius 3 is 2.29 bits per heavy atom. The second kappa shape index (κ2) is 14.0. The Morgan fingerprint density at radius 1 is 1.00 bits per heavy atom. The molecule has 3 nitrogen and oxygen atoms in total. The number of thiazole rings is 1. The largest absolute Gasteiger partial charge is 0.465 e. The lowest BCUT2D eigenvalue weighted by Crippen LogP contribution is -2.20. The fourth-order valence-corrected chi connectivity index (χ4v) is 5.65. The summed E-state index contributed by atoms with van der Waals surface area (Å²) < 4.78 is 7.45. The molecule has 0 aliphatic carbocycles. The minimum Gasteiger partial charge on any atom is -0.465 e. The minimum absolute atomic E-state index is 0.0947. The predicted octanol–water partition coefficient (Wildman–Crippen LogP) is 7.63. The zero-order valence-corrected chi connectivity index (χ0v) is 19.1. The van der Waals surface area contributed by atoms with Gasteiger partial charge < -0.3 is 4.74 Å². The van der Waals surface area contributed by atoms with E-state index in [4.69, 9.17) is 4.74 Å². The quantitative estimate of drug-likeness (QED) is 0.168. The van der Waals surface area contributed by atoms with E-state index >= 15 is 0 Å². The maximum Gasteiger partial charge on any atom is 0.319 e. The zero-order chi connectivity index (χ0) is 20.0. The summed E-state index contributed by atoms with van der Waals surface area (Å²) in [7, 11) is 0. The van der Waals surface area contributed by atoms with Crippen LogP contribution in [0, 0.1) is 0 Å². The number of nitrogens with zero attached hydrogens (tertiary/aromatic N) is 1. The molecular formula is C23H35NO2S2. The normalized spacial score (nSPS) is 12.4. The third kappa shape index (κ3) is 8.52. The lowest BCUT2D eigenvalue weighted by Gasteiger charge is -2.13. The van der Waals surface area contributed by atoms with Crippen LogP contribution in [0.5, 0.6) is 0 Å². The van der Waals surface area contributed by atoms with E-state index in [2.05, 4.69) is 18.0 Å². The molecule has 1 atom stereocenters. The molecule has 1 unspecified atom stereocenters. The van der Waals surface area contributed by atoms with Gasteiger partial charge in [-0.2, -0.15) is 0 Å². The number of fused-ring (bicyclic) bond motifs is 1. The number of para-hydroxylation sites is 1. The lowest BCUT2D eigenvalue weighted by atomic mass is 10.1. The van der Waals surface area contributed by atoms with Crippen molar-refractivity contribution in [3.05, 3.63) is 24.3 Å². The minimum atomic E-state index is -0.144. The maximum atomic E-state index is 12.4. The second-order valence-electron chi connectivity index (χ2n) is 7.28. The number of unbranched alkanes of at least 4 members (excludes halogenated alkanes) is 9. The molecular weight excluding hydrogens is 386 g/mol. The predicted molar refractivity (Wildman–Crippen MR) is 122 cm³/mol. The summed E-state index contributed by atoms with van der Waals surface area (Å²) >= 11 is 3.24. The number of hydrogen-bond donors (Lipinski definition) is 0.